The third-order valence-corrected chi connectivity index (χ3v) is 6.46. The first-order chi connectivity index (χ1) is 12.2. The molecule has 2 aromatic rings. The maximum atomic E-state index is 12.5. The van der Waals surface area contributed by atoms with Gasteiger partial charge in [-0.15, -0.1) is 11.3 Å². The number of esters is 1. The summed E-state index contributed by atoms with van der Waals surface area (Å²) in [7, 11) is -2.55. The summed E-state index contributed by atoms with van der Waals surface area (Å²) in [5.41, 5.74) is 1.06. The number of benzene rings is 1. The van der Waals surface area contributed by atoms with Crippen LogP contribution in [0.2, 0.25) is 0 Å². The van der Waals surface area contributed by atoms with E-state index in [1.54, 1.807) is 0 Å². The molecule has 0 atom stereocenters. The van der Waals surface area contributed by atoms with Crippen LogP contribution in [-0.2, 0) is 32.6 Å². The average molecular weight is 396 g/mol. The number of hydrogen-bond acceptors (Lipinski definition) is 7. The number of sulfonamides is 1. The molecule has 140 valence electrons. The highest BCUT2D eigenvalue weighted by molar-refractivity contribution is 7.89. The molecule has 0 N–H and O–H groups in total. The number of ketones is 1. The highest BCUT2D eigenvalue weighted by Gasteiger charge is 2.23. The lowest BCUT2D eigenvalue weighted by molar-refractivity contribution is -0.145. The number of ether oxygens (including phenoxy) is 1. The zero-order chi connectivity index (χ0) is 19.3. The van der Waals surface area contributed by atoms with Gasteiger partial charge in [0.05, 0.1) is 15.6 Å². The molecule has 7 nitrogen and oxygen atoms in total. The van der Waals surface area contributed by atoms with Gasteiger partial charge in [-0.05, 0) is 25.5 Å². The summed E-state index contributed by atoms with van der Waals surface area (Å²) >= 11 is 1.49. The van der Waals surface area contributed by atoms with Crippen molar-refractivity contribution in [1.82, 2.24) is 9.29 Å². The van der Waals surface area contributed by atoms with Crippen LogP contribution in [0.25, 0.3) is 0 Å². The lowest BCUT2D eigenvalue weighted by Gasteiger charge is -2.16. The Morgan fingerprint density at radius 1 is 1.23 bits per heavy atom. The molecule has 2 rings (SSSR count). The second-order valence-electron chi connectivity index (χ2n) is 5.59. The van der Waals surface area contributed by atoms with E-state index in [-0.39, 0.29) is 17.3 Å². The van der Waals surface area contributed by atoms with E-state index in [2.05, 4.69) is 4.98 Å². The molecule has 0 spiro atoms. The first-order valence-corrected chi connectivity index (χ1v) is 10.2. The Balaban J connectivity index is 1.96. The molecule has 1 aromatic heterocycles. The summed E-state index contributed by atoms with van der Waals surface area (Å²) < 4.78 is 31.0. The second-order valence-corrected chi connectivity index (χ2v) is 8.58. The molecule has 26 heavy (non-hydrogen) atoms. The van der Waals surface area contributed by atoms with E-state index in [4.69, 9.17) is 4.74 Å². The second kappa shape index (κ2) is 8.52. The summed E-state index contributed by atoms with van der Waals surface area (Å²) in [6, 6.07) is 5.56. The minimum Gasteiger partial charge on any atom is -0.458 e. The summed E-state index contributed by atoms with van der Waals surface area (Å²) in [6.45, 7) is 2.98. The number of rotatable bonds is 8. The molecule has 0 aliphatic carbocycles. The van der Waals surface area contributed by atoms with Gasteiger partial charge in [-0.3, -0.25) is 9.59 Å². The minimum absolute atomic E-state index is 0.00453. The van der Waals surface area contributed by atoms with Crippen LogP contribution in [0, 0.1) is 0 Å². The van der Waals surface area contributed by atoms with Crippen LogP contribution in [0.1, 0.15) is 34.9 Å². The largest absolute Gasteiger partial charge is 0.458 e. The van der Waals surface area contributed by atoms with Crippen molar-refractivity contribution in [3.05, 3.63) is 45.9 Å². The quantitative estimate of drug-likeness (QED) is 0.502. The predicted molar refractivity (Wildman–Crippen MR) is 97.6 cm³/mol. The first-order valence-electron chi connectivity index (χ1n) is 7.90. The van der Waals surface area contributed by atoms with Crippen molar-refractivity contribution in [3.8, 4) is 0 Å². The summed E-state index contributed by atoms with van der Waals surface area (Å²) in [5, 5.41) is 2.76. The van der Waals surface area contributed by atoms with Gasteiger partial charge in [0.1, 0.15) is 13.2 Å². The van der Waals surface area contributed by atoms with Gasteiger partial charge in [0.2, 0.25) is 10.0 Å². The summed E-state index contributed by atoms with van der Waals surface area (Å²) in [6.07, 6.45) is 0.808. The molecular weight excluding hydrogens is 376 g/mol. The maximum Gasteiger partial charge on any atom is 0.321 e. The lowest BCUT2D eigenvalue weighted by Crippen LogP contribution is -2.33. The number of likely N-dealkylation sites (N-methyl/N-ethyl adjacent to an activating group) is 1. The van der Waals surface area contributed by atoms with E-state index in [1.165, 1.54) is 49.6 Å². The van der Waals surface area contributed by atoms with Gasteiger partial charge >= 0.3 is 5.97 Å². The third kappa shape index (κ3) is 4.96. The lowest BCUT2D eigenvalue weighted by atomic mass is 10.2. The van der Waals surface area contributed by atoms with E-state index >= 15 is 0 Å². The normalized spacial score (nSPS) is 11.5. The maximum absolute atomic E-state index is 12.5. The molecule has 1 aromatic carbocycles. The van der Waals surface area contributed by atoms with Crippen LogP contribution in [0.15, 0.2) is 34.5 Å². The Hall–Kier alpha value is -2.10. The standard InChI is InChI=1S/C17H20N2O5S2/c1-4-16-18-14(11-25-16)10-24-17(21)9-19(3)26(22,23)15-7-5-13(6-8-15)12(2)20/h5-8,11H,4,9-10H2,1-3H3. The topological polar surface area (TPSA) is 93.6 Å². The van der Waals surface area contributed by atoms with Gasteiger partial charge < -0.3 is 4.74 Å². The van der Waals surface area contributed by atoms with Crippen molar-refractivity contribution in [2.45, 2.75) is 31.8 Å². The molecule has 0 fully saturated rings. The number of hydrogen-bond donors (Lipinski definition) is 0. The number of carbonyl (C=O) groups excluding carboxylic acids is 2. The number of nitrogens with zero attached hydrogens (tertiary/aromatic N) is 2. The smallest absolute Gasteiger partial charge is 0.321 e. The van der Waals surface area contributed by atoms with E-state index in [0.717, 1.165) is 15.7 Å². The number of aromatic nitrogens is 1. The van der Waals surface area contributed by atoms with Crippen molar-refractivity contribution in [3.63, 3.8) is 0 Å². The van der Waals surface area contributed by atoms with Crippen LogP contribution in [0.4, 0.5) is 0 Å². The highest BCUT2D eigenvalue weighted by atomic mass is 32.2. The summed E-state index contributed by atoms with van der Waals surface area (Å²) in [4.78, 5) is 27.5. The molecule has 0 unspecified atom stereocenters. The van der Waals surface area contributed by atoms with E-state index in [0.29, 0.717) is 11.3 Å². The highest BCUT2D eigenvalue weighted by Crippen LogP contribution is 2.16. The van der Waals surface area contributed by atoms with E-state index in [1.807, 2.05) is 12.3 Å². The molecule has 0 radical (unpaired) electrons. The van der Waals surface area contributed by atoms with Gasteiger partial charge in [-0.1, -0.05) is 19.1 Å². The fourth-order valence-corrected chi connectivity index (χ4v) is 3.93. The Bertz CT molecular complexity index is 888. The minimum atomic E-state index is -3.85. The van der Waals surface area contributed by atoms with Gasteiger partial charge in [0.15, 0.2) is 5.78 Å². The molecule has 0 saturated heterocycles. The van der Waals surface area contributed by atoms with E-state index in [9.17, 15) is 18.0 Å². The number of thiazole rings is 1. The van der Waals surface area contributed by atoms with E-state index < -0.39 is 22.5 Å². The van der Waals surface area contributed by atoms with Gasteiger partial charge in [0, 0.05) is 18.0 Å². The molecular formula is C17H20N2O5S2. The van der Waals surface area contributed by atoms with Gasteiger partial charge in [-0.25, -0.2) is 13.4 Å². The van der Waals surface area contributed by atoms with Crippen molar-refractivity contribution in [2.24, 2.45) is 0 Å². The van der Waals surface area contributed by atoms with Crippen molar-refractivity contribution in [1.29, 1.82) is 0 Å². The zero-order valence-electron chi connectivity index (χ0n) is 14.8. The van der Waals surface area contributed by atoms with Crippen molar-refractivity contribution < 1.29 is 22.7 Å². The molecule has 9 heteroatoms. The molecule has 0 bridgehead atoms. The van der Waals surface area contributed by atoms with Crippen LogP contribution < -0.4 is 0 Å². The third-order valence-electron chi connectivity index (χ3n) is 3.60. The first kappa shape index (κ1) is 20.2. The number of Topliss-reactive ketones (excluding diaryl/α,β-unsaturated/α-hetero) is 1. The fraction of sp³-hybridized carbons (Fsp3) is 0.353. The fourth-order valence-electron chi connectivity index (χ4n) is 2.09. The zero-order valence-corrected chi connectivity index (χ0v) is 16.4. The Kier molecular flexibility index (Phi) is 6.63. The molecule has 0 aliphatic rings. The molecule has 0 saturated carbocycles. The Labute approximate surface area is 156 Å². The van der Waals surface area contributed by atoms with Crippen molar-refractivity contribution >= 4 is 33.1 Å². The van der Waals surface area contributed by atoms with Gasteiger partial charge in [-0.2, -0.15) is 4.31 Å². The predicted octanol–water partition coefficient (Wildman–Crippen LogP) is 2.27. The van der Waals surface area contributed by atoms with Crippen LogP contribution in [-0.4, -0.2) is 43.1 Å². The average Bonchev–Trinajstić information content (AvgIpc) is 3.08. The Morgan fingerprint density at radius 2 is 1.88 bits per heavy atom. The van der Waals surface area contributed by atoms with Crippen LogP contribution >= 0.6 is 11.3 Å². The number of carbonyl (C=O) groups is 2. The number of aryl methyl sites for hydroxylation is 1. The summed E-state index contributed by atoms with van der Waals surface area (Å²) in [5.74, 6) is -0.818. The molecule has 0 amide bonds. The monoisotopic (exact) mass is 396 g/mol. The van der Waals surface area contributed by atoms with Crippen molar-refractivity contribution in [2.75, 3.05) is 13.6 Å². The molecule has 1 heterocycles. The van der Waals surface area contributed by atoms with Gasteiger partial charge in [0.25, 0.3) is 0 Å². The van der Waals surface area contributed by atoms with Crippen LogP contribution in [0.5, 0.6) is 0 Å². The van der Waals surface area contributed by atoms with Crippen LogP contribution in [0.3, 0.4) is 0 Å². The molecule has 0 aliphatic heterocycles. The Morgan fingerprint density at radius 3 is 2.42 bits per heavy atom. The SMILES string of the molecule is CCc1nc(COC(=O)CN(C)S(=O)(=O)c2ccc(C(C)=O)cc2)cs1.